The molecule has 0 N–H and O–H groups in total. The van der Waals surface area contributed by atoms with E-state index in [1.54, 1.807) is 0 Å². The van der Waals surface area contributed by atoms with Crippen LogP contribution in [0.25, 0.3) is 88.4 Å². The predicted octanol–water partition coefficient (Wildman–Crippen LogP) is 10.5. The first-order chi connectivity index (χ1) is 18.8. The summed E-state index contributed by atoms with van der Waals surface area (Å²) in [6.45, 7) is 0. The summed E-state index contributed by atoms with van der Waals surface area (Å²) in [7, 11) is 0. The van der Waals surface area contributed by atoms with Crippen LogP contribution in [0.15, 0.2) is 130 Å². The smallest absolute Gasteiger partial charge is 0.136 e. The van der Waals surface area contributed by atoms with Gasteiger partial charge in [-0.3, -0.25) is 0 Å². The Bertz CT molecular complexity index is 2080. The maximum atomic E-state index is 6.36. The van der Waals surface area contributed by atoms with Gasteiger partial charge in [0.15, 0.2) is 0 Å². The van der Waals surface area contributed by atoms with E-state index in [9.17, 15) is 0 Å². The summed E-state index contributed by atoms with van der Waals surface area (Å²) >= 11 is 0. The molecule has 8 aromatic rings. The molecule has 6 aromatic carbocycles. The number of rotatable bonds is 0. The second kappa shape index (κ2) is 7.24. The van der Waals surface area contributed by atoms with Crippen LogP contribution < -0.4 is 0 Å². The zero-order valence-electron chi connectivity index (χ0n) is 20.4. The van der Waals surface area contributed by atoms with Gasteiger partial charge in [-0.25, -0.2) is 0 Å². The molecule has 2 heteroatoms. The molecule has 0 unspecified atom stereocenters. The van der Waals surface area contributed by atoms with E-state index in [1.165, 1.54) is 44.5 Å². The van der Waals surface area contributed by atoms with Crippen molar-refractivity contribution >= 4 is 43.9 Å². The summed E-state index contributed by atoms with van der Waals surface area (Å²) in [5.74, 6) is 0. The van der Waals surface area contributed by atoms with Gasteiger partial charge in [0.05, 0.1) is 0 Å². The van der Waals surface area contributed by atoms with Crippen molar-refractivity contribution in [1.29, 1.82) is 0 Å². The molecule has 1 aliphatic carbocycles. The Morgan fingerprint density at radius 1 is 0.263 bits per heavy atom. The van der Waals surface area contributed by atoms with Gasteiger partial charge in [-0.1, -0.05) is 84.9 Å². The maximum absolute atomic E-state index is 6.36. The van der Waals surface area contributed by atoms with Gasteiger partial charge in [-0.2, -0.15) is 0 Å². The third-order valence-corrected chi connectivity index (χ3v) is 8.05. The lowest BCUT2D eigenvalue weighted by Crippen LogP contribution is -1.97. The van der Waals surface area contributed by atoms with Crippen LogP contribution in [0.4, 0.5) is 0 Å². The van der Waals surface area contributed by atoms with Crippen LogP contribution in [0.2, 0.25) is 0 Å². The Morgan fingerprint density at radius 3 is 1.05 bits per heavy atom. The maximum Gasteiger partial charge on any atom is 0.136 e. The van der Waals surface area contributed by atoms with Crippen LogP contribution in [0.1, 0.15) is 0 Å². The van der Waals surface area contributed by atoms with Gasteiger partial charge >= 0.3 is 0 Å². The molecule has 0 atom stereocenters. The van der Waals surface area contributed by atoms with Crippen LogP contribution >= 0.6 is 0 Å². The number of furan rings is 2. The molecule has 0 fully saturated rings. The summed E-state index contributed by atoms with van der Waals surface area (Å²) in [5, 5.41) is 4.54. The fourth-order valence-corrected chi connectivity index (χ4v) is 6.34. The van der Waals surface area contributed by atoms with E-state index in [-0.39, 0.29) is 0 Å². The second-order valence-electron chi connectivity index (χ2n) is 10.1. The van der Waals surface area contributed by atoms with Crippen LogP contribution in [0, 0.1) is 0 Å². The number of para-hydroxylation sites is 2. The minimum absolute atomic E-state index is 0.907. The molecule has 0 saturated heterocycles. The number of benzene rings is 6. The van der Waals surface area contributed by atoms with Gasteiger partial charge in [0, 0.05) is 21.5 Å². The zero-order chi connectivity index (χ0) is 24.8. The average Bonchev–Trinajstić information content (AvgIpc) is 3.52. The number of fused-ring (bicyclic) bond motifs is 14. The molecule has 0 saturated carbocycles. The van der Waals surface area contributed by atoms with Crippen LogP contribution in [0.5, 0.6) is 0 Å². The summed E-state index contributed by atoms with van der Waals surface area (Å²) in [4.78, 5) is 0. The zero-order valence-corrected chi connectivity index (χ0v) is 20.4. The van der Waals surface area contributed by atoms with E-state index < -0.39 is 0 Å². The van der Waals surface area contributed by atoms with Gasteiger partial charge < -0.3 is 8.83 Å². The lowest BCUT2D eigenvalue weighted by molar-refractivity contribution is 0.668. The lowest BCUT2D eigenvalue weighted by Gasteiger charge is -2.23. The van der Waals surface area contributed by atoms with Crippen LogP contribution in [-0.4, -0.2) is 0 Å². The quantitative estimate of drug-likeness (QED) is 0.214. The number of hydrogen-bond acceptors (Lipinski definition) is 2. The Morgan fingerprint density at radius 2 is 0.605 bits per heavy atom. The lowest BCUT2D eigenvalue weighted by atomic mass is 9.80. The van der Waals surface area contributed by atoms with Crippen molar-refractivity contribution in [3.05, 3.63) is 121 Å². The molecule has 1 aliphatic rings. The fraction of sp³-hybridized carbons (Fsp3) is 0. The van der Waals surface area contributed by atoms with E-state index >= 15 is 0 Å². The Hall–Kier alpha value is -5.08. The molecule has 2 heterocycles. The van der Waals surface area contributed by atoms with Gasteiger partial charge in [-0.05, 0) is 80.9 Å². The average molecular weight is 485 g/mol. The fourth-order valence-electron chi connectivity index (χ4n) is 6.34. The molecule has 2 nitrogen and oxygen atoms in total. The first kappa shape index (κ1) is 20.0. The van der Waals surface area contributed by atoms with E-state index in [1.807, 2.05) is 24.3 Å². The Balaban J connectivity index is 1.51. The minimum Gasteiger partial charge on any atom is -0.456 e. The third kappa shape index (κ3) is 2.61. The SMILES string of the molecule is c1ccc2c(c1)-c1ccccc1-c1cc3oc4ccccc4c3cc1-c1cc3c(cc1-2)oc1ccccc13. The highest BCUT2D eigenvalue weighted by molar-refractivity contribution is 6.15. The predicted molar refractivity (Wildman–Crippen MR) is 156 cm³/mol. The topological polar surface area (TPSA) is 26.3 Å². The summed E-state index contributed by atoms with van der Waals surface area (Å²) < 4.78 is 12.7. The molecule has 0 bridgehead atoms. The van der Waals surface area contributed by atoms with Crippen molar-refractivity contribution in [1.82, 2.24) is 0 Å². The van der Waals surface area contributed by atoms with Gasteiger partial charge in [0.2, 0.25) is 0 Å². The van der Waals surface area contributed by atoms with Crippen molar-refractivity contribution in [2.24, 2.45) is 0 Å². The van der Waals surface area contributed by atoms with Crippen molar-refractivity contribution in [3.63, 3.8) is 0 Å². The van der Waals surface area contributed by atoms with Gasteiger partial charge in [0.25, 0.3) is 0 Å². The van der Waals surface area contributed by atoms with Crippen molar-refractivity contribution in [2.45, 2.75) is 0 Å². The monoisotopic (exact) mass is 484 g/mol. The van der Waals surface area contributed by atoms with Crippen molar-refractivity contribution < 1.29 is 8.83 Å². The van der Waals surface area contributed by atoms with E-state index in [2.05, 4.69) is 97.1 Å². The third-order valence-electron chi connectivity index (χ3n) is 8.05. The van der Waals surface area contributed by atoms with E-state index in [4.69, 9.17) is 8.83 Å². The largest absolute Gasteiger partial charge is 0.456 e. The summed E-state index contributed by atoms with van der Waals surface area (Å²) in [5.41, 5.74) is 13.2. The Labute approximate surface area is 218 Å². The molecule has 176 valence electrons. The summed E-state index contributed by atoms with van der Waals surface area (Å²) in [6, 6.07) is 43.2. The normalized spacial score (nSPS) is 12.2. The van der Waals surface area contributed by atoms with Gasteiger partial charge in [0.1, 0.15) is 22.3 Å². The molecule has 0 spiro atoms. The Kier molecular flexibility index (Phi) is 3.82. The standard InChI is InChI=1S/C36H20O2/c1-3-11-23-21(9-1)22-10-2-4-12-24(22)30-20-36-32(26-14-6-8-16-34(26)38-36)18-28(30)27-17-31-25-13-5-7-15-33(25)37-35(31)19-29(23)27/h1-20H. The molecule has 38 heavy (non-hydrogen) atoms. The molecule has 0 aliphatic heterocycles. The van der Waals surface area contributed by atoms with Crippen LogP contribution in [-0.2, 0) is 0 Å². The number of hydrogen-bond donors (Lipinski definition) is 0. The van der Waals surface area contributed by atoms with Gasteiger partial charge in [-0.15, -0.1) is 0 Å². The highest BCUT2D eigenvalue weighted by Gasteiger charge is 2.25. The highest BCUT2D eigenvalue weighted by Crippen LogP contribution is 2.50. The van der Waals surface area contributed by atoms with E-state index in [0.29, 0.717) is 0 Å². The highest BCUT2D eigenvalue weighted by atomic mass is 16.3. The van der Waals surface area contributed by atoms with Crippen molar-refractivity contribution in [3.8, 4) is 44.5 Å². The second-order valence-corrected chi connectivity index (χ2v) is 10.1. The van der Waals surface area contributed by atoms with Crippen LogP contribution in [0.3, 0.4) is 0 Å². The molecule has 0 radical (unpaired) electrons. The molecule has 0 amide bonds. The van der Waals surface area contributed by atoms with Crippen molar-refractivity contribution in [2.75, 3.05) is 0 Å². The molecule has 2 aromatic heterocycles. The summed E-state index contributed by atoms with van der Waals surface area (Å²) in [6.07, 6.45) is 0. The molecular formula is C36H20O2. The molecular weight excluding hydrogens is 464 g/mol. The first-order valence-corrected chi connectivity index (χ1v) is 12.9. The minimum atomic E-state index is 0.907. The van der Waals surface area contributed by atoms with E-state index in [0.717, 1.165) is 43.9 Å². The molecule has 9 rings (SSSR count). The first-order valence-electron chi connectivity index (χ1n) is 12.9.